The second-order valence-electron chi connectivity index (χ2n) is 12.0. The average Bonchev–Trinajstić information content (AvgIpc) is 3.32. The summed E-state index contributed by atoms with van der Waals surface area (Å²) in [6.07, 6.45) is 3.01. The first kappa shape index (κ1) is 31.4. The molecule has 2 aromatic carbocycles. The van der Waals surface area contributed by atoms with E-state index in [4.69, 9.17) is 9.47 Å². The van der Waals surface area contributed by atoms with E-state index in [-0.39, 0.29) is 70.1 Å². The van der Waals surface area contributed by atoms with Crippen LogP contribution < -0.4 is 26.4 Å². The Hall–Kier alpha value is -5.24. The Labute approximate surface area is 280 Å². The number of rotatable bonds is 6. The summed E-state index contributed by atoms with van der Waals surface area (Å²) < 4.78 is 16.0. The summed E-state index contributed by atoms with van der Waals surface area (Å²) in [5.74, 6) is -0.710. The van der Waals surface area contributed by atoms with Crippen molar-refractivity contribution in [3.05, 3.63) is 112 Å². The monoisotopic (exact) mass is 715 g/mol. The van der Waals surface area contributed by atoms with Crippen LogP contribution in [0.4, 0.5) is 0 Å². The Bertz CT molecular complexity index is 2390. The first-order chi connectivity index (χ1) is 23.0. The van der Waals surface area contributed by atoms with Gasteiger partial charge in [-0.3, -0.25) is 14.4 Å². The maximum absolute atomic E-state index is 14.1. The van der Waals surface area contributed by atoms with Gasteiger partial charge < -0.3 is 19.1 Å². The van der Waals surface area contributed by atoms with Gasteiger partial charge in [0.1, 0.15) is 11.4 Å². The van der Waals surface area contributed by atoms with E-state index >= 15 is 0 Å². The Balaban J connectivity index is 1.30. The molecule has 3 heterocycles. The lowest BCUT2D eigenvalue weighted by molar-refractivity contribution is -0.115. The van der Waals surface area contributed by atoms with Crippen LogP contribution in [-0.4, -0.2) is 54.4 Å². The van der Waals surface area contributed by atoms with Crippen LogP contribution in [0.5, 0.6) is 17.2 Å². The molecule has 0 spiro atoms. The number of aryl methyl sites for hydroxylation is 3. The fraction of sp³-hybridized carbons (Fsp3) is 0.294. The quantitative estimate of drug-likeness (QED) is 0.234. The topological polar surface area (TPSA) is 157 Å². The van der Waals surface area contributed by atoms with Crippen molar-refractivity contribution in [2.24, 2.45) is 7.05 Å². The van der Waals surface area contributed by atoms with E-state index in [0.29, 0.717) is 39.2 Å². The highest BCUT2D eigenvalue weighted by molar-refractivity contribution is 9.12. The van der Waals surface area contributed by atoms with Gasteiger partial charge in [0, 0.05) is 67.3 Å². The molecule has 0 saturated heterocycles. The van der Waals surface area contributed by atoms with Crippen molar-refractivity contribution in [2.75, 3.05) is 14.2 Å². The molecule has 0 saturated carbocycles. The van der Waals surface area contributed by atoms with Gasteiger partial charge in [-0.05, 0) is 34.0 Å². The molecule has 4 aromatic rings. The fourth-order valence-electron chi connectivity index (χ4n) is 7.08. The number of carbonyl (C=O) groups is 2. The summed E-state index contributed by atoms with van der Waals surface area (Å²) in [5.41, 5.74) is 1.69. The molecule has 2 aliphatic carbocycles. The third-order valence-corrected chi connectivity index (χ3v) is 10.1. The second-order valence-corrected chi connectivity index (χ2v) is 12.8. The number of phenols is 1. The standard InChI is InChI=1S/C34H30BrN5O8/c1-16-6-5-7-18(30(16)42)28-17-8-11-39-33(45)38(34(46)40(39)23(17)12-19-29(28)25(41)13-20(35)31(19)43)10-9-21-32(44)37(2)24-15-27(48-4)26(47-3)14-22(24)36-21/h5-8,13-15,23,28,42H,9-12H2,1-4H3/t23-,28-/m1/s1. The van der Waals surface area contributed by atoms with E-state index in [9.17, 15) is 29.1 Å². The summed E-state index contributed by atoms with van der Waals surface area (Å²) in [7, 11) is 4.59. The molecule has 0 fully saturated rings. The number of halogens is 1. The second kappa shape index (κ2) is 11.5. The van der Waals surface area contributed by atoms with Gasteiger partial charge in [0.25, 0.3) is 5.56 Å². The van der Waals surface area contributed by atoms with Crippen molar-refractivity contribution in [2.45, 2.75) is 44.8 Å². The normalized spacial score (nSPS) is 18.7. The number of aromatic hydroxyl groups is 1. The minimum atomic E-state index is -0.813. The predicted molar refractivity (Wildman–Crippen MR) is 178 cm³/mol. The number of allylic oxidation sites excluding steroid dienone is 6. The summed E-state index contributed by atoms with van der Waals surface area (Å²) in [5, 5.41) is 11.1. The molecule has 1 aliphatic heterocycles. The van der Waals surface area contributed by atoms with Gasteiger partial charge in [0.05, 0.1) is 42.3 Å². The molecule has 0 radical (unpaired) electrons. The molecular weight excluding hydrogens is 686 g/mol. The van der Waals surface area contributed by atoms with E-state index < -0.39 is 23.3 Å². The third kappa shape index (κ3) is 4.57. The van der Waals surface area contributed by atoms with Crippen molar-refractivity contribution in [1.29, 1.82) is 0 Å². The first-order valence-corrected chi connectivity index (χ1v) is 16.0. The number of nitrogens with zero attached hydrogens (tertiary/aromatic N) is 5. The summed E-state index contributed by atoms with van der Waals surface area (Å²) in [4.78, 5) is 72.5. The molecule has 14 heteroatoms. The highest BCUT2D eigenvalue weighted by Crippen LogP contribution is 2.51. The smallest absolute Gasteiger partial charge is 0.347 e. The van der Waals surface area contributed by atoms with E-state index in [1.54, 1.807) is 50.4 Å². The summed E-state index contributed by atoms with van der Waals surface area (Å²) >= 11 is 3.21. The van der Waals surface area contributed by atoms with E-state index in [2.05, 4.69) is 20.9 Å². The van der Waals surface area contributed by atoms with E-state index in [0.717, 1.165) is 4.57 Å². The Morgan fingerprint density at radius 1 is 1.04 bits per heavy atom. The minimum absolute atomic E-state index is 0.000808. The first-order valence-electron chi connectivity index (χ1n) is 15.2. The Morgan fingerprint density at radius 2 is 1.77 bits per heavy atom. The number of fused-ring (bicyclic) bond motifs is 4. The fourth-order valence-corrected chi connectivity index (χ4v) is 7.52. The number of hydrogen-bond acceptors (Lipinski definition) is 9. The average molecular weight is 717 g/mol. The maximum atomic E-state index is 14.1. The number of methoxy groups -OCH3 is 2. The van der Waals surface area contributed by atoms with Gasteiger partial charge in [0.2, 0.25) is 0 Å². The molecule has 0 bridgehead atoms. The number of ether oxygens (including phenoxy) is 2. The molecule has 2 atom stereocenters. The minimum Gasteiger partial charge on any atom is -0.507 e. The molecule has 246 valence electrons. The lowest BCUT2D eigenvalue weighted by Gasteiger charge is -2.39. The van der Waals surface area contributed by atoms with Crippen LogP contribution in [0, 0.1) is 6.92 Å². The van der Waals surface area contributed by atoms with Gasteiger partial charge >= 0.3 is 11.4 Å². The number of phenolic OH excluding ortho intramolecular Hbond substituents is 1. The number of carbonyl (C=O) groups excluding carboxylic acids is 2. The molecule has 0 amide bonds. The number of hydrogen-bond donors (Lipinski definition) is 1. The molecule has 2 aromatic heterocycles. The molecule has 13 nitrogen and oxygen atoms in total. The van der Waals surface area contributed by atoms with Crippen LogP contribution >= 0.6 is 15.9 Å². The number of para-hydroxylation sites is 1. The van der Waals surface area contributed by atoms with Crippen LogP contribution in [0.1, 0.15) is 35.2 Å². The van der Waals surface area contributed by atoms with Gasteiger partial charge in [-0.1, -0.05) is 24.3 Å². The molecule has 7 rings (SSSR count). The summed E-state index contributed by atoms with van der Waals surface area (Å²) in [6.45, 7) is 1.63. The summed E-state index contributed by atoms with van der Waals surface area (Å²) in [6, 6.07) is 7.72. The number of benzene rings is 2. The SMILES string of the molecule is COc1cc2nc(CCn3c(=O)n4n(c3=O)[C@@H]3CC5=C(C(=O)C=C(Br)C5=O)[C@@H](c5cccc(C)c5O)C3=CC4)c(=O)n(C)c2cc1OC. The van der Waals surface area contributed by atoms with Crippen molar-refractivity contribution in [3.63, 3.8) is 0 Å². The van der Waals surface area contributed by atoms with E-state index in [1.807, 2.05) is 0 Å². The van der Waals surface area contributed by atoms with Gasteiger partial charge in [-0.2, -0.15) is 0 Å². The lowest BCUT2D eigenvalue weighted by Crippen LogP contribution is -2.40. The van der Waals surface area contributed by atoms with Crippen LogP contribution in [0.15, 0.2) is 78.1 Å². The van der Waals surface area contributed by atoms with Crippen molar-refractivity contribution in [3.8, 4) is 17.2 Å². The highest BCUT2D eigenvalue weighted by Gasteiger charge is 2.45. The molecule has 48 heavy (non-hydrogen) atoms. The maximum Gasteiger partial charge on any atom is 0.347 e. The predicted octanol–water partition coefficient (Wildman–Crippen LogP) is 2.73. The molecule has 3 aliphatic rings. The zero-order valence-corrected chi connectivity index (χ0v) is 28.0. The number of ketones is 2. The van der Waals surface area contributed by atoms with Gasteiger partial charge in [-0.25, -0.2) is 28.5 Å². The van der Waals surface area contributed by atoms with Gasteiger partial charge in [-0.15, -0.1) is 0 Å². The van der Waals surface area contributed by atoms with E-state index in [1.165, 1.54) is 34.2 Å². The third-order valence-electron chi connectivity index (χ3n) is 9.48. The van der Waals surface area contributed by atoms with Crippen molar-refractivity contribution >= 4 is 38.5 Å². The van der Waals surface area contributed by atoms with Crippen LogP contribution in [0.3, 0.4) is 0 Å². The van der Waals surface area contributed by atoms with Crippen LogP contribution in [-0.2, 0) is 36.1 Å². The lowest BCUT2D eigenvalue weighted by atomic mass is 9.68. The zero-order valence-electron chi connectivity index (χ0n) is 26.4. The zero-order chi connectivity index (χ0) is 34.2. The Morgan fingerprint density at radius 3 is 2.50 bits per heavy atom. The highest BCUT2D eigenvalue weighted by atomic mass is 79.9. The number of Topliss-reactive ketones (excluding diaryl/α,β-unsaturated/α-hetero) is 1. The van der Waals surface area contributed by atoms with Crippen LogP contribution in [0.2, 0.25) is 0 Å². The van der Waals surface area contributed by atoms with Crippen molar-refractivity contribution < 1.29 is 24.2 Å². The Kier molecular flexibility index (Phi) is 7.50. The molecular formula is C34H30BrN5O8. The molecule has 0 unspecified atom stereocenters. The number of aromatic nitrogens is 5. The molecule has 1 N–H and O–H groups in total. The largest absolute Gasteiger partial charge is 0.507 e. The van der Waals surface area contributed by atoms with Crippen molar-refractivity contribution in [1.82, 2.24) is 23.5 Å². The van der Waals surface area contributed by atoms with Crippen LogP contribution in [0.25, 0.3) is 11.0 Å². The van der Waals surface area contributed by atoms with Gasteiger partial charge in [0.15, 0.2) is 23.1 Å².